The van der Waals surface area contributed by atoms with Gasteiger partial charge in [-0.15, -0.1) is 12.4 Å². The zero-order valence-corrected chi connectivity index (χ0v) is 11.5. The normalized spacial score (nSPS) is 15.1. The summed E-state index contributed by atoms with van der Waals surface area (Å²) in [5.74, 6) is 0.147. The molecule has 100 valence electrons. The van der Waals surface area contributed by atoms with E-state index in [1.165, 1.54) is 0 Å². The lowest BCUT2D eigenvalue weighted by atomic mass is 10.0. The van der Waals surface area contributed by atoms with Gasteiger partial charge in [0, 0.05) is 31.7 Å². The van der Waals surface area contributed by atoms with Crippen molar-refractivity contribution in [3.63, 3.8) is 0 Å². The van der Waals surface area contributed by atoms with Crippen LogP contribution in [0.25, 0.3) is 10.8 Å². The molecule has 1 saturated heterocycles. The first-order chi connectivity index (χ1) is 8.86. The first kappa shape index (κ1) is 13.8. The maximum absolute atomic E-state index is 12.5. The molecule has 0 saturated carbocycles. The molecule has 1 fully saturated rings. The minimum absolute atomic E-state index is 0. The third-order valence-electron chi connectivity index (χ3n) is 3.42. The van der Waals surface area contributed by atoms with Crippen molar-refractivity contribution in [1.82, 2.24) is 10.2 Å². The Morgan fingerprint density at radius 1 is 1.00 bits per heavy atom. The number of amides is 1. The van der Waals surface area contributed by atoms with Crippen molar-refractivity contribution in [3.05, 3.63) is 48.0 Å². The number of piperazine rings is 1. The van der Waals surface area contributed by atoms with Crippen LogP contribution < -0.4 is 5.32 Å². The summed E-state index contributed by atoms with van der Waals surface area (Å²) >= 11 is 0. The molecule has 3 rings (SSSR count). The van der Waals surface area contributed by atoms with E-state index in [1.54, 1.807) is 0 Å². The van der Waals surface area contributed by atoms with E-state index >= 15 is 0 Å². The molecule has 0 aliphatic carbocycles. The van der Waals surface area contributed by atoms with E-state index in [0.717, 1.165) is 42.5 Å². The highest BCUT2D eigenvalue weighted by Crippen LogP contribution is 2.20. The van der Waals surface area contributed by atoms with Gasteiger partial charge in [0.05, 0.1) is 0 Å². The van der Waals surface area contributed by atoms with Crippen molar-refractivity contribution in [2.24, 2.45) is 0 Å². The Morgan fingerprint density at radius 3 is 2.47 bits per heavy atom. The molecule has 0 bridgehead atoms. The number of halogens is 1. The summed E-state index contributed by atoms with van der Waals surface area (Å²) in [6.45, 7) is 3.36. The molecule has 3 nitrogen and oxygen atoms in total. The van der Waals surface area contributed by atoms with Crippen molar-refractivity contribution in [3.8, 4) is 0 Å². The van der Waals surface area contributed by atoms with Crippen LogP contribution >= 0.6 is 12.4 Å². The molecule has 1 aliphatic heterocycles. The van der Waals surface area contributed by atoms with Crippen molar-refractivity contribution in [2.45, 2.75) is 0 Å². The minimum atomic E-state index is 0. The van der Waals surface area contributed by atoms with Crippen molar-refractivity contribution in [1.29, 1.82) is 0 Å². The van der Waals surface area contributed by atoms with E-state index in [4.69, 9.17) is 0 Å². The van der Waals surface area contributed by atoms with Gasteiger partial charge in [-0.25, -0.2) is 0 Å². The maximum Gasteiger partial charge on any atom is 0.254 e. The highest BCUT2D eigenvalue weighted by molar-refractivity contribution is 6.07. The fourth-order valence-electron chi connectivity index (χ4n) is 2.45. The Morgan fingerprint density at radius 2 is 1.68 bits per heavy atom. The van der Waals surface area contributed by atoms with Crippen molar-refractivity contribution in [2.75, 3.05) is 26.2 Å². The lowest BCUT2D eigenvalue weighted by molar-refractivity contribution is 0.0738. The van der Waals surface area contributed by atoms with Crippen LogP contribution in [0.1, 0.15) is 10.4 Å². The van der Waals surface area contributed by atoms with Gasteiger partial charge >= 0.3 is 0 Å². The zero-order valence-electron chi connectivity index (χ0n) is 10.6. The third-order valence-corrected chi connectivity index (χ3v) is 3.42. The number of hydrogen-bond acceptors (Lipinski definition) is 2. The third kappa shape index (κ3) is 2.72. The predicted molar refractivity (Wildman–Crippen MR) is 80.0 cm³/mol. The lowest BCUT2D eigenvalue weighted by Crippen LogP contribution is -2.46. The summed E-state index contributed by atoms with van der Waals surface area (Å²) in [6.07, 6.45) is 0. The van der Waals surface area contributed by atoms with Gasteiger partial charge in [-0.1, -0.05) is 36.4 Å². The monoisotopic (exact) mass is 276 g/mol. The number of rotatable bonds is 1. The largest absolute Gasteiger partial charge is 0.336 e. The average molecular weight is 277 g/mol. The highest BCUT2D eigenvalue weighted by atomic mass is 35.5. The Balaban J connectivity index is 0.00000133. The molecule has 4 heteroatoms. The second-order valence-corrected chi connectivity index (χ2v) is 4.57. The standard InChI is InChI=1S/C15H16N2O.ClH/c18-15(17-10-8-16-9-11-17)14-7-3-5-12-4-1-2-6-13(12)14;/h1-7,16H,8-11H2;1H. The molecule has 0 radical (unpaired) electrons. The topological polar surface area (TPSA) is 32.3 Å². The number of nitrogens with one attached hydrogen (secondary N) is 1. The number of carbonyl (C=O) groups excluding carboxylic acids is 1. The molecule has 19 heavy (non-hydrogen) atoms. The Kier molecular flexibility index (Phi) is 4.40. The van der Waals surface area contributed by atoms with Crippen LogP contribution in [-0.2, 0) is 0 Å². The summed E-state index contributed by atoms with van der Waals surface area (Å²) < 4.78 is 0. The van der Waals surface area contributed by atoms with Gasteiger partial charge in [-0.05, 0) is 16.8 Å². The number of benzene rings is 2. The summed E-state index contributed by atoms with van der Waals surface area (Å²) in [5.41, 5.74) is 0.815. The molecule has 1 N–H and O–H groups in total. The number of carbonyl (C=O) groups is 1. The molecule has 2 aromatic rings. The molecule has 1 aliphatic rings. The first-order valence-corrected chi connectivity index (χ1v) is 6.34. The van der Waals surface area contributed by atoms with Gasteiger partial charge in [-0.2, -0.15) is 0 Å². The first-order valence-electron chi connectivity index (χ1n) is 6.34. The van der Waals surface area contributed by atoms with Gasteiger partial charge in [0.25, 0.3) is 5.91 Å². The minimum Gasteiger partial charge on any atom is -0.336 e. The highest BCUT2D eigenvalue weighted by Gasteiger charge is 2.19. The van der Waals surface area contributed by atoms with Gasteiger partial charge in [0.1, 0.15) is 0 Å². The predicted octanol–water partition coefficient (Wildman–Crippen LogP) is 2.31. The van der Waals surface area contributed by atoms with E-state index in [-0.39, 0.29) is 18.3 Å². The zero-order chi connectivity index (χ0) is 12.4. The second-order valence-electron chi connectivity index (χ2n) is 4.57. The van der Waals surface area contributed by atoms with Crippen LogP contribution in [0.2, 0.25) is 0 Å². The van der Waals surface area contributed by atoms with E-state index in [1.807, 2.05) is 47.4 Å². The summed E-state index contributed by atoms with van der Waals surface area (Å²) in [5, 5.41) is 5.43. The van der Waals surface area contributed by atoms with Crippen molar-refractivity contribution >= 4 is 29.1 Å². The van der Waals surface area contributed by atoms with E-state index in [2.05, 4.69) is 5.32 Å². The number of hydrogen-bond donors (Lipinski definition) is 1. The SMILES string of the molecule is Cl.O=C(c1cccc2ccccc12)N1CCNCC1. The summed E-state index contributed by atoms with van der Waals surface area (Å²) in [4.78, 5) is 14.4. The van der Waals surface area contributed by atoms with Gasteiger partial charge in [-0.3, -0.25) is 4.79 Å². The van der Waals surface area contributed by atoms with Gasteiger partial charge in [0.2, 0.25) is 0 Å². The Bertz CT molecular complexity index is 574. The van der Waals surface area contributed by atoms with Crippen LogP contribution in [0.4, 0.5) is 0 Å². The molecular formula is C15H17ClN2O. The smallest absolute Gasteiger partial charge is 0.254 e. The van der Waals surface area contributed by atoms with Crippen LogP contribution in [0.5, 0.6) is 0 Å². The summed E-state index contributed by atoms with van der Waals surface area (Å²) in [7, 11) is 0. The van der Waals surface area contributed by atoms with Crippen molar-refractivity contribution < 1.29 is 4.79 Å². The molecular weight excluding hydrogens is 260 g/mol. The summed E-state index contributed by atoms with van der Waals surface area (Å²) in [6, 6.07) is 14.0. The maximum atomic E-state index is 12.5. The second kappa shape index (κ2) is 6.04. The average Bonchev–Trinajstić information content (AvgIpc) is 2.47. The van der Waals surface area contributed by atoms with Crippen LogP contribution in [0.3, 0.4) is 0 Å². The van der Waals surface area contributed by atoms with Gasteiger partial charge in [0.15, 0.2) is 0 Å². The molecule has 0 atom stereocenters. The van der Waals surface area contributed by atoms with Crippen LogP contribution in [0, 0.1) is 0 Å². The van der Waals surface area contributed by atoms with E-state index in [9.17, 15) is 4.79 Å². The lowest BCUT2D eigenvalue weighted by Gasteiger charge is -2.27. The molecule has 1 heterocycles. The molecule has 1 amide bonds. The van der Waals surface area contributed by atoms with E-state index in [0.29, 0.717) is 0 Å². The number of nitrogens with zero attached hydrogens (tertiary/aromatic N) is 1. The number of fused-ring (bicyclic) bond motifs is 1. The quantitative estimate of drug-likeness (QED) is 0.867. The molecule has 2 aromatic carbocycles. The fourth-order valence-corrected chi connectivity index (χ4v) is 2.45. The molecule has 0 unspecified atom stereocenters. The van der Waals surface area contributed by atoms with Gasteiger partial charge < -0.3 is 10.2 Å². The fraction of sp³-hybridized carbons (Fsp3) is 0.267. The van der Waals surface area contributed by atoms with Crippen LogP contribution in [0.15, 0.2) is 42.5 Å². The Hall–Kier alpha value is -1.58. The molecule has 0 aromatic heterocycles. The Labute approximate surface area is 119 Å². The van der Waals surface area contributed by atoms with Crippen LogP contribution in [-0.4, -0.2) is 37.0 Å². The van der Waals surface area contributed by atoms with E-state index < -0.39 is 0 Å². The molecule has 0 spiro atoms.